The lowest BCUT2D eigenvalue weighted by atomic mass is 10.1. The van der Waals surface area contributed by atoms with Crippen LogP contribution in [0, 0.1) is 6.57 Å². The molecule has 35 heavy (non-hydrogen) atoms. The summed E-state index contributed by atoms with van der Waals surface area (Å²) in [6, 6.07) is 24.9. The highest BCUT2D eigenvalue weighted by Gasteiger charge is 2.11. The first-order valence-corrected chi connectivity index (χ1v) is 11.0. The number of oxazole rings is 1. The molecule has 3 aromatic heterocycles. The van der Waals surface area contributed by atoms with Crippen molar-refractivity contribution in [1.29, 1.82) is 0 Å². The van der Waals surface area contributed by atoms with Crippen molar-refractivity contribution >= 4 is 50.4 Å². The summed E-state index contributed by atoms with van der Waals surface area (Å²) in [5.74, 6) is 0.548. The van der Waals surface area contributed by atoms with Gasteiger partial charge in [0.15, 0.2) is 11.3 Å². The van der Waals surface area contributed by atoms with E-state index in [0.29, 0.717) is 17.2 Å². The molecule has 0 atom stereocenters. The van der Waals surface area contributed by atoms with Crippen molar-refractivity contribution in [2.45, 2.75) is 0 Å². The number of pyridine rings is 2. The van der Waals surface area contributed by atoms with E-state index in [1.807, 2.05) is 72.8 Å². The van der Waals surface area contributed by atoms with Crippen LogP contribution in [0.25, 0.3) is 38.3 Å². The van der Waals surface area contributed by atoms with Gasteiger partial charge in [-0.05, 0) is 60.7 Å². The van der Waals surface area contributed by atoms with Gasteiger partial charge in [0, 0.05) is 58.4 Å². The first-order valence-electron chi connectivity index (χ1n) is 11.0. The number of benzene rings is 3. The van der Waals surface area contributed by atoms with Gasteiger partial charge in [-0.2, -0.15) is 0 Å². The predicted octanol–water partition coefficient (Wildman–Crippen LogP) is 7.48. The van der Waals surface area contributed by atoms with Crippen LogP contribution < -0.4 is 10.6 Å². The molecule has 0 bridgehead atoms. The molecule has 6 aromatic rings. The van der Waals surface area contributed by atoms with E-state index in [-0.39, 0.29) is 0 Å². The zero-order chi connectivity index (χ0) is 23.6. The molecule has 0 spiro atoms. The summed E-state index contributed by atoms with van der Waals surface area (Å²) < 4.78 is 6.12. The Bertz CT molecular complexity index is 1720. The highest BCUT2D eigenvalue weighted by Crippen LogP contribution is 2.32. The first-order chi connectivity index (χ1) is 17.2. The molecule has 0 unspecified atom stereocenters. The van der Waals surface area contributed by atoms with Gasteiger partial charge in [0.1, 0.15) is 5.52 Å². The van der Waals surface area contributed by atoms with Crippen molar-refractivity contribution < 1.29 is 4.42 Å². The Labute approximate surface area is 200 Å². The van der Waals surface area contributed by atoms with Crippen LogP contribution in [-0.4, -0.2) is 15.0 Å². The lowest BCUT2D eigenvalue weighted by Gasteiger charge is -2.09. The Hall–Kier alpha value is -5.22. The summed E-state index contributed by atoms with van der Waals surface area (Å²) in [6.45, 7) is 7.30. The minimum absolute atomic E-state index is 0.548. The Morgan fingerprint density at radius 1 is 0.743 bits per heavy atom. The average molecular weight is 454 g/mol. The molecule has 0 fully saturated rings. The Balaban J connectivity index is 1.30. The Morgan fingerprint density at radius 2 is 1.60 bits per heavy atom. The highest BCUT2D eigenvalue weighted by atomic mass is 16.3. The van der Waals surface area contributed by atoms with Gasteiger partial charge in [0.05, 0.1) is 12.1 Å². The van der Waals surface area contributed by atoms with Crippen LogP contribution in [0.2, 0.25) is 0 Å². The zero-order valence-corrected chi connectivity index (χ0v) is 18.4. The van der Waals surface area contributed by atoms with E-state index in [4.69, 9.17) is 11.0 Å². The summed E-state index contributed by atoms with van der Waals surface area (Å²) in [7, 11) is 0. The van der Waals surface area contributed by atoms with Crippen molar-refractivity contribution in [2.75, 3.05) is 10.6 Å². The number of nitrogens with zero attached hydrogens (tertiary/aromatic N) is 4. The third kappa shape index (κ3) is 4.12. The summed E-state index contributed by atoms with van der Waals surface area (Å²) in [5.41, 5.74) is 7.34. The molecule has 3 heterocycles. The molecule has 0 saturated heterocycles. The van der Waals surface area contributed by atoms with Crippen LogP contribution in [0.15, 0.2) is 102 Å². The van der Waals surface area contributed by atoms with Crippen LogP contribution >= 0.6 is 0 Å². The molecule has 7 heteroatoms. The fourth-order valence-electron chi connectivity index (χ4n) is 3.93. The third-order valence-electron chi connectivity index (χ3n) is 5.60. The molecule has 0 aliphatic carbocycles. The Kier molecular flexibility index (Phi) is 5.02. The van der Waals surface area contributed by atoms with Crippen LogP contribution in [0.1, 0.15) is 0 Å². The number of rotatable bonds is 5. The molecule has 0 radical (unpaired) electrons. The molecular formula is C28H18N6O. The number of anilines is 4. The van der Waals surface area contributed by atoms with E-state index < -0.39 is 0 Å². The molecule has 7 nitrogen and oxygen atoms in total. The molecule has 0 amide bonds. The molecule has 2 N–H and O–H groups in total. The lowest BCUT2D eigenvalue weighted by Crippen LogP contribution is -1.92. The smallest absolute Gasteiger partial charge is 0.227 e. The van der Waals surface area contributed by atoms with Crippen molar-refractivity contribution in [2.24, 2.45) is 0 Å². The number of aromatic nitrogens is 3. The molecule has 0 aliphatic rings. The number of fused-ring (bicyclic) bond motifs is 2. The molecule has 0 aliphatic heterocycles. The lowest BCUT2D eigenvalue weighted by molar-refractivity contribution is 0.620. The SMILES string of the molecule is [C-]#[N+]c1ccc2nccc(Nc3ccc4nc(-c5cccc(Nc6ccncc6)c5)oc4c3)c2c1. The van der Waals surface area contributed by atoms with Crippen LogP contribution in [0.5, 0.6) is 0 Å². The standard InChI is InChI=1S/C28H18N6O/c1-29-20-5-7-24-23(16-20)25(11-14-31-24)33-22-6-8-26-27(17-22)35-28(34-26)18-3-2-4-21(15-18)32-19-9-12-30-13-10-19/h2-17H,(H,30,32)(H,31,33). The maximum absolute atomic E-state index is 7.30. The van der Waals surface area contributed by atoms with Crippen LogP contribution in [0.3, 0.4) is 0 Å². The van der Waals surface area contributed by atoms with Gasteiger partial charge < -0.3 is 15.1 Å². The van der Waals surface area contributed by atoms with Gasteiger partial charge in [-0.1, -0.05) is 12.1 Å². The summed E-state index contributed by atoms with van der Waals surface area (Å²) in [5, 5.41) is 7.68. The Morgan fingerprint density at radius 3 is 2.49 bits per heavy atom. The third-order valence-corrected chi connectivity index (χ3v) is 5.60. The van der Waals surface area contributed by atoms with Crippen molar-refractivity contribution in [3.05, 3.63) is 109 Å². The van der Waals surface area contributed by atoms with E-state index >= 15 is 0 Å². The van der Waals surface area contributed by atoms with Gasteiger partial charge in [0.2, 0.25) is 5.89 Å². The van der Waals surface area contributed by atoms with Crippen LogP contribution in [-0.2, 0) is 0 Å². The fourth-order valence-corrected chi connectivity index (χ4v) is 3.93. The molecular weight excluding hydrogens is 436 g/mol. The monoisotopic (exact) mass is 454 g/mol. The second kappa shape index (κ2) is 8.61. The minimum atomic E-state index is 0.548. The molecule has 3 aromatic carbocycles. The minimum Gasteiger partial charge on any atom is -0.436 e. The average Bonchev–Trinajstić information content (AvgIpc) is 3.33. The van der Waals surface area contributed by atoms with Gasteiger partial charge in [-0.25, -0.2) is 9.83 Å². The molecule has 166 valence electrons. The van der Waals surface area contributed by atoms with Gasteiger partial charge >= 0.3 is 0 Å². The van der Waals surface area contributed by atoms with E-state index in [9.17, 15) is 0 Å². The second-order valence-electron chi connectivity index (χ2n) is 7.94. The predicted molar refractivity (Wildman–Crippen MR) is 138 cm³/mol. The maximum Gasteiger partial charge on any atom is 0.227 e. The topological polar surface area (TPSA) is 80.2 Å². The van der Waals surface area contributed by atoms with Crippen molar-refractivity contribution in [3.63, 3.8) is 0 Å². The fraction of sp³-hybridized carbons (Fsp3) is 0. The first kappa shape index (κ1) is 20.4. The van der Waals surface area contributed by atoms with E-state index in [1.165, 1.54) is 0 Å². The largest absolute Gasteiger partial charge is 0.436 e. The van der Waals surface area contributed by atoms with Crippen LogP contribution in [0.4, 0.5) is 28.4 Å². The maximum atomic E-state index is 7.30. The number of nitrogens with one attached hydrogen (secondary N) is 2. The molecule has 6 rings (SSSR count). The van der Waals surface area contributed by atoms with Gasteiger partial charge in [-0.3, -0.25) is 9.97 Å². The number of hydrogen-bond acceptors (Lipinski definition) is 6. The van der Waals surface area contributed by atoms with E-state index in [2.05, 4.69) is 30.4 Å². The van der Waals surface area contributed by atoms with Crippen molar-refractivity contribution in [3.8, 4) is 11.5 Å². The molecule has 0 saturated carbocycles. The quantitative estimate of drug-likeness (QED) is 0.263. The zero-order valence-electron chi connectivity index (χ0n) is 18.4. The van der Waals surface area contributed by atoms with E-state index in [0.717, 1.165) is 44.7 Å². The second-order valence-corrected chi connectivity index (χ2v) is 7.94. The van der Waals surface area contributed by atoms with Crippen molar-refractivity contribution in [1.82, 2.24) is 15.0 Å². The van der Waals surface area contributed by atoms with Gasteiger partial charge in [-0.15, -0.1) is 0 Å². The number of hydrogen-bond donors (Lipinski definition) is 2. The normalized spacial score (nSPS) is 10.8. The summed E-state index contributed by atoms with van der Waals surface area (Å²) in [6.07, 6.45) is 5.24. The van der Waals surface area contributed by atoms with E-state index in [1.54, 1.807) is 24.7 Å². The summed E-state index contributed by atoms with van der Waals surface area (Å²) in [4.78, 5) is 16.7. The summed E-state index contributed by atoms with van der Waals surface area (Å²) >= 11 is 0. The highest BCUT2D eigenvalue weighted by molar-refractivity contribution is 5.95. The van der Waals surface area contributed by atoms with Gasteiger partial charge in [0.25, 0.3) is 0 Å².